The van der Waals surface area contributed by atoms with E-state index in [1.807, 2.05) is 54.6 Å². The summed E-state index contributed by atoms with van der Waals surface area (Å²) in [5.41, 5.74) is 3.98. The number of carbonyl (C=O) groups excluding carboxylic acids is 1. The highest BCUT2D eigenvalue weighted by molar-refractivity contribution is 6.13. The van der Waals surface area contributed by atoms with E-state index in [0.29, 0.717) is 23.0 Å². The Bertz CT molecular complexity index is 1240. The maximum Gasteiger partial charge on any atom is 0.256 e. The third-order valence-corrected chi connectivity index (χ3v) is 5.44. The lowest BCUT2D eigenvalue weighted by Crippen LogP contribution is -2.14. The molecule has 150 valence electrons. The number of aromatic amines is 1. The molecule has 30 heavy (non-hydrogen) atoms. The van der Waals surface area contributed by atoms with Gasteiger partial charge in [0.1, 0.15) is 5.82 Å². The SMILES string of the molecule is CC(C)c1nc(-c2ccccc2NC(=O)c2cc(C3CC3)nc3ccccc23)n[nH]1. The largest absolute Gasteiger partial charge is 0.321 e. The Morgan fingerprint density at radius 3 is 2.60 bits per heavy atom. The number of aromatic nitrogens is 4. The summed E-state index contributed by atoms with van der Waals surface area (Å²) in [6.07, 6.45) is 2.27. The zero-order chi connectivity index (χ0) is 20.7. The molecule has 6 nitrogen and oxygen atoms in total. The van der Waals surface area contributed by atoms with Crippen LogP contribution in [0.15, 0.2) is 54.6 Å². The van der Waals surface area contributed by atoms with E-state index in [-0.39, 0.29) is 11.8 Å². The van der Waals surface area contributed by atoms with Gasteiger partial charge in [0.05, 0.1) is 16.8 Å². The molecule has 0 saturated heterocycles. The number of rotatable bonds is 5. The molecule has 1 amide bonds. The van der Waals surface area contributed by atoms with Crippen LogP contribution in [-0.2, 0) is 0 Å². The third kappa shape index (κ3) is 3.45. The van der Waals surface area contributed by atoms with Crippen molar-refractivity contribution in [3.8, 4) is 11.4 Å². The molecule has 0 bridgehead atoms. The highest BCUT2D eigenvalue weighted by Gasteiger charge is 2.27. The Morgan fingerprint density at radius 1 is 1.07 bits per heavy atom. The van der Waals surface area contributed by atoms with Crippen LogP contribution in [0.25, 0.3) is 22.3 Å². The van der Waals surface area contributed by atoms with Crippen molar-refractivity contribution in [3.63, 3.8) is 0 Å². The molecule has 0 radical (unpaired) electrons. The van der Waals surface area contributed by atoms with E-state index in [4.69, 9.17) is 4.98 Å². The average molecular weight is 397 g/mol. The minimum Gasteiger partial charge on any atom is -0.321 e. The lowest BCUT2D eigenvalue weighted by molar-refractivity contribution is 0.102. The van der Waals surface area contributed by atoms with Crippen molar-refractivity contribution in [3.05, 3.63) is 71.7 Å². The van der Waals surface area contributed by atoms with Gasteiger partial charge in [0.25, 0.3) is 5.91 Å². The maximum absolute atomic E-state index is 13.3. The molecule has 2 N–H and O–H groups in total. The molecule has 4 aromatic rings. The lowest BCUT2D eigenvalue weighted by atomic mass is 10.0. The quantitative estimate of drug-likeness (QED) is 0.480. The molecule has 2 aromatic carbocycles. The molecule has 2 aromatic heterocycles. The molecule has 6 heteroatoms. The Hall–Kier alpha value is -3.54. The number of pyridine rings is 1. The monoisotopic (exact) mass is 397 g/mol. The van der Waals surface area contributed by atoms with E-state index in [1.165, 1.54) is 0 Å². The van der Waals surface area contributed by atoms with Gasteiger partial charge in [-0.05, 0) is 37.1 Å². The predicted octanol–water partition coefficient (Wildman–Crippen LogP) is 5.27. The number of nitrogens with zero attached hydrogens (tertiary/aromatic N) is 3. The number of anilines is 1. The van der Waals surface area contributed by atoms with Crippen LogP contribution in [0.3, 0.4) is 0 Å². The van der Waals surface area contributed by atoms with Gasteiger partial charge in [-0.1, -0.05) is 44.2 Å². The molecule has 0 aliphatic heterocycles. The number of nitrogens with one attached hydrogen (secondary N) is 2. The van der Waals surface area contributed by atoms with E-state index in [1.54, 1.807) is 0 Å². The van der Waals surface area contributed by atoms with Gasteiger partial charge >= 0.3 is 0 Å². The summed E-state index contributed by atoms with van der Waals surface area (Å²) >= 11 is 0. The second-order valence-electron chi connectivity index (χ2n) is 8.08. The third-order valence-electron chi connectivity index (χ3n) is 5.44. The summed E-state index contributed by atoms with van der Waals surface area (Å²) in [5.74, 6) is 1.96. The van der Waals surface area contributed by atoms with Crippen LogP contribution >= 0.6 is 0 Å². The minimum atomic E-state index is -0.150. The van der Waals surface area contributed by atoms with Crippen molar-refractivity contribution < 1.29 is 4.79 Å². The first-order valence-electron chi connectivity index (χ1n) is 10.3. The van der Waals surface area contributed by atoms with E-state index < -0.39 is 0 Å². The smallest absolute Gasteiger partial charge is 0.256 e. The summed E-state index contributed by atoms with van der Waals surface area (Å²) in [4.78, 5) is 22.7. The summed E-state index contributed by atoms with van der Waals surface area (Å²) in [6, 6.07) is 17.4. The number of hydrogen-bond acceptors (Lipinski definition) is 4. The Morgan fingerprint density at radius 2 is 1.83 bits per heavy atom. The maximum atomic E-state index is 13.3. The first-order chi connectivity index (χ1) is 14.6. The van der Waals surface area contributed by atoms with Gasteiger partial charge in [0.15, 0.2) is 5.82 Å². The molecule has 1 fully saturated rings. The molecule has 1 aliphatic carbocycles. The minimum absolute atomic E-state index is 0.150. The second-order valence-corrected chi connectivity index (χ2v) is 8.08. The molecular weight excluding hydrogens is 374 g/mol. The van der Waals surface area contributed by atoms with E-state index in [9.17, 15) is 4.79 Å². The average Bonchev–Trinajstić information content (AvgIpc) is 3.49. The fourth-order valence-electron chi connectivity index (χ4n) is 3.60. The highest BCUT2D eigenvalue weighted by atomic mass is 16.1. The van der Waals surface area contributed by atoms with Crippen LogP contribution in [0.2, 0.25) is 0 Å². The van der Waals surface area contributed by atoms with Gasteiger partial charge in [0.2, 0.25) is 0 Å². The molecule has 1 saturated carbocycles. The van der Waals surface area contributed by atoms with Crippen LogP contribution in [0.4, 0.5) is 5.69 Å². The van der Waals surface area contributed by atoms with Gasteiger partial charge in [-0.2, -0.15) is 5.10 Å². The van der Waals surface area contributed by atoms with E-state index in [2.05, 4.69) is 34.3 Å². The molecular formula is C24H23N5O. The van der Waals surface area contributed by atoms with Crippen molar-refractivity contribution in [1.29, 1.82) is 0 Å². The summed E-state index contributed by atoms with van der Waals surface area (Å²) in [5, 5.41) is 11.3. The first-order valence-corrected chi connectivity index (χ1v) is 10.3. The van der Waals surface area contributed by atoms with E-state index in [0.717, 1.165) is 40.8 Å². The Labute approximate surface area is 174 Å². The fourth-order valence-corrected chi connectivity index (χ4v) is 3.60. The molecule has 0 atom stereocenters. The van der Waals surface area contributed by atoms with E-state index >= 15 is 0 Å². The summed E-state index contributed by atoms with van der Waals surface area (Å²) in [6.45, 7) is 4.12. The van der Waals surface area contributed by atoms with Gasteiger partial charge < -0.3 is 5.32 Å². The number of H-pyrrole nitrogens is 1. The van der Waals surface area contributed by atoms with Crippen LogP contribution in [0, 0.1) is 0 Å². The summed E-state index contributed by atoms with van der Waals surface area (Å²) < 4.78 is 0. The number of fused-ring (bicyclic) bond motifs is 1. The number of amides is 1. The number of para-hydroxylation sites is 2. The fraction of sp³-hybridized carbons (Fsp3) is 0.250. The van der Waals surface area contributed by atoms with Crippen molar-refractivity contribution in [2.75, 3.05) is 5.32 Å². The van der Waals surface area contributed by atoms with Crippen LogP contribution in [0.1, 0.15) is 60.4 Å². The number of benzene rings is 2. The topological polar surface area (TPSA) is 83.6 Å². The second kappa shape index (κ2) is 7.37. The van der Waals surface area contributed by atoms with Crippen LogP contribution in [-0.4, -0.2) is 26.1 Å². The Kier molecular flexibility index (Phi) is 4.54. The predicted molar refractivity (Wildman–Crippen MR) is 118 cm³/mol. The zero-order valence-corrected chi connectivity index (χ0v) is 17.0. The van der Waals surface area contributed by atoms with Crippen LogP contribution in [0.5, 0.6) is 0 Å². The summed E-state index contributed by atoms with van der Waals surface area (Å²) in [7, 11) is 0. The van der Waals surface area contributed by atoms with Crippen molar-refractivity contribution in [2.45, 2.75) is 38.5 Å². The van der Waals surface area contributed by atoms with Gasteiger partial charge in [-0.3, -0.25) is 14.9 Å². The normalized spacial score (nSPS) is 13.7. The number of hydrogen-bond donors (Lipinski definition) is 2. The molecule has 0 unspecified atom stereocenters. The van der Waals surface area contributed by atoms with Gasteiger partial charge in [-0.25, -0.2) is 4.98 Å². The molecule has 0 spiro atoms. The molecule has 1 aliphatic rings. The molecule has 5 rings (SSSR count). The van der Waals surface area contributed by atoms with Crippen molar-refractivity contribution in [2.24, 2.45) is 0 Å². The van der Waals surface area contributed by atoms with Crippen molar-refractivity contribution in [1.82, 2.24) is 20.2 Å². The van der Waals surface area contributed by atoms with Gasteiger partial charge in [-0.15, -0.1) is 0 Å². The lowest BCUT2D eigenvalue weighted by Gasteiger charge is -2.12. The Balaban J connectivity index is 1.52. The van der Waals surface area contributed by atoms with Crippen molar-refractivity contribution >= 4 is 22.5 Å². The van der Waals surface area contributed by atoms with Gasteiger partial charge in [0, 0.05) is 28.5 Å². The number of carbonyl (C=O) groups is 1. The standard InChI is InChI=1S/C24H23N5O/c1-14(2)22-27-23(29-28-22)17-8-4-6-10-20(17)26-24(30)18-13-21(15-11-12-15)25-19-9-5-3-7-16(18)19/h3-10,13-15H,11-12H2,1-2H3,(H,26,30)(H,27,28,29). The van der Waals surface area contributed by atoms with Crippen LogP contribution < -0.4 is 5.32 Å². The zero-order valence-electron chi connectivity index (χ0n) is 17.0. The molecule has 2 heterocycles. The first kappa shape index (κ1) is 18.5. The highest BCUT2D eigenvalue weighted by Crippen LogP contribution is 2.40.